The zero-order valence-corrected chi connectivity index (χ0v) is 5.02. The van der Waals surface area contributed by atoms with Crippen molar-refractivity contribution in [1.82, 2.24) is 0 Å². The van der Waals surface area contributed by atoms with Crippen molar-refractivity contribution in [2.75, 3.05) is 6.54 Å². The predicted molar refractivity (Wildman–Crippen MR) is 34.9 cm³/mol. The zero-order valence-electron chi connectivity index (χ0n) is 5.02. The van der Waals surface area contributed by atoms with E-state index in [9.17, 15) is 0 Å². The SMILES string of the molecule is CC1=NCCC(N)=C1. The summed E-state index contributed by atoms with van der Waals surface area (Å²) in [5, 5.41) is 0. The van der Waals surface area contributed by atoms with E-state index in [1.54, 1.807) is 0 Å². The number of dihydropyridines is 1. The van der Waals surface area contributed by atoms with E-state index in [-0.39, 0.29) is 0 Å². The monoisotopic (exact) mass is 110 g/mol. The Morgan fingerprint density at radius 1 is 1.75 bits per heavy atom. The fraction of sp³-hybridized carbons (Fsp3) is 0.500. The molecule has 0 aromatic heterocycles. The van der Waals surface area contributed by atoms with E-state index in [1.807, 2.05) is 13.0 Å². The Labute approximate surface area is 49.1 Å². The number of hydrogen-bond acceptors (Lipinski definition) is 2. The summed E-state index contributed by atoms with van der Waals surface area (Å²) in [5.74, 6) is 0. The molecule has 1 heterocycles. The van der Waals surface area contributed by atoms with Gasteiger partial charge in [-0.2, -0.15) is 0 Å². The molecular formula is C6H10N2. The number of hydrogen-bond donors (Lipinski definition) is 1. The van der Waals surface area contributed by atoms with Gasteiger partial charge in [-0.3, -0.25) is 4.99 Å². The van der Waals surface area contributed by atoms with E-state index in [0.717, 1.165) is 24.4 Å². The Hall–Kier alpha value is -0.790. The first-order valence-electron chi connectivity index (χ1n) is 2.76. The van der Waals surface area contributed by atoms with Gasteiger partial charge in [0.25, 0.3) is 0 Å². The third kappa shape index (κ3) is 1.09. The number of allylic oxidation sites excluding steroid dienone is 1. The van der Waals surface area contributed by atoms with Crippen LogP contribution in [0, 0.1) is 0 Å². The molecule has 0 spiro atoms. The fourth-order valence-electron chi connectivity index (χ4n) is 0.747. The van der Waals surface area contributed by atoms with Gasteiger partial charge in [-0.1, -0.05) is 0 Å². The smallest absolute Gasteiger partial charge is 0.0446 e. The van der Waals surface area contributed by atoms with Gasteiger partial charge in [-0.15, -0.1) is 0 Å². The summed E-state index contributed by atoms with van der Waals surface area (Å²) in [4.78, 5) is 4.14. The van der Waals surface area contributed by atoms with Crippen LogP contribution in [0.5, 0.6) is 0 Å². The lowest BCUT2D eigenvalue weighted by molar-refractivity contribution is 0.920. The summed E-state index contributed by atoms with van der Waals surface area (Å²) >= 11 is 0. The molecule has 0 amide bonds. The summed E-state index contributed by atoms with van der Waals surface area (Å²) in [5.41, 5.74) is 7.51. The van der Waals surface area contributed by atoms with Crippen LogP contribution >= 0.6 is 0 Å². The summed E-state index contributed by atoms with van der Waals surface area (Å²) in [6, 6.07) is 0. The van der Waals surface area contributed by atoms with Crippen molar-refractivity contribution in [2.45, 2.75) is 13.3 Å². The fourth-order valence-corrected chi connectivity index (χ4v) is 0.747. The molecule has 0 saturated carbocycles. The maximum atomic E-state index is 5.51. The van der Waals surface area contributed by atoms with Crippen LogP contribution in [0.1, 0.15) is 13.3 Å². The molecule has 0 bridgehead atoms. The average molecular weight is 110 g/mol. The van der Waals surface area contributed by atoms with Gasteiger partial charge in [0.2, 0.25) is 0 Å². The third-order valence-corrected chi connectivity index (χ3v) is 1.16. The molecule has 1 aliphatic rings. The highest BCUT2D eigenvalue weighted by molar-refractivity contribution is 5.93. The van der Waals surface area contributed by atoms with Gasteiger partial charge in [0.1, 0.15) is 0 Å². The lowest BCUT2D eigenvalue weighted by Crippen LogP contribution is -2.07. The zero-order chi connectivity index (χ0) is 5.98. The highest BCUT2D eigenvalue weighted by atomic mass is 14.8. The molecule has 0 aliphatic carbocycles. The second-order valence-electron chi connectivity index (χ2n) is 1.99. The lowest BCUT2D eigenvalue weighted by atomic mass is 10.2. The van der Waals surface area contributed by atoms with Crippen molar-refractivity contribution in [3.63, 3.8) is 0 Å². The molecule has 0 aromatic carbocycles. The van der Waals surface area contributed by atoms with Crippen molar-refractivity contribution >= 4 is 5.71 Å². The minimum atomic E-state index is 0.869. The second-order valence-corrected chi connectivity index (χ2v) is 1.99. The maximum absolute atomic E-state index is 5.51. The normalized spacial score (nSPS) is 19.6. The van der Waals surface area contributed by atoms with Crippen LogP contribution in [0.15, 0.2) is 16.8 Å². The van der Waals surface area contributed by atoms with Gasteiger partial charge in [-0.25, -0.2) is 0 Å². The number of rotatable bonds is 0. The van der Waals surface area contributed by atoms with Gasteiger partial charge in [-0.05, 0) is 13.0 Å². The van der Waals surface area contributed by atoms with Crippen LogP contribution < -0.4 is 5.73 Å². The largest absolute Gasteiger partial charge is 0.402 e. The standard InChI is InChI=1S/C6H10N2/c1-5-4-6(7)2-3-8-5/h4H,2-3,7H2,1H3. The minimum Gasteiger partial charge on any atom is -0.402 e. The van der Waals surface area contributed by atoms with Crippen LogP contribution in [-0.4, -0.2) is 12.3 Å². The summed E-state index contributed by atoms with van der Waals surface area (Å²) < 4.78 is 0. The predicted octanol–water partition coefficient (Wildman–Crippen LogP) is 0.694. The third-order valence-electron chi connectivity index (χ3n) is 1.16. The minimum absolute atomic E-state index is 0.869. The average Bonchev–Trinajstić information content (AvgIpc) is 1.64. The van der Waals surface area contributed by atoms with Gasteiger partial charge in [0.15, 0.2) is 0 Å². The first-order chi connectivity index (χ1) is 3.79. The number of nitrogens with two attached hydrogens (primary N) is 1. The molecule has 0 radical (unpaired) electrons. The molecule has 2 nitrogen and oxygen atoms in total. The van der Waals surface area contributed by atoms with Crippen molar-refractivity contribution in [3.8, 4) is 0 Å². The van der Waals surface area contributed by atoms with Crippen LogP contribution in [-0.2, 0) is 0 Å². The molecule has 1 aliphatic heterocycles. The van der Waals surface area contributed by atoms with Gasteiger partial charge >= 0.3 is 0 Å². The first kappa shape index (κ1) is 5.35. The second kappa shape index (κ2) is 1.99. The Balaban J connectivity index is 2.69. The van der Waals surface area contributed by atoms with Gasteiger partial charge < -0.3 is 5.73 Å². The Bertz CT molecular complexity index is 145. The molecule has 0 atom stereocenters. The van der Waals surface area contributed by atoms with Crippen molar-refractivity contribution in [1.29, 1.82) is 0 Å². The topological polar surface area (TPSA) is 38.4 Å². The highest BCUT2D eigenvalue weighted by Crippen LogP contribution is 2.00. The van der Waals surface area contributed by atoms with Crippen molar-refractivity contribution < 1.29 is 0 Å². The van der Waals surface area contributed by atoms with Gasteiger partial charge in [0, 0.05) is 24.4 Å². The van der Waals surface area contributed by atoms with Crippen LogP contribution in [0.3, 0.4) is 0 Å². The first-order valence-corrected chi connectivity index (χ1v) is 2.76. The maximum Gasteiger partial charge on any atom is 0.0446 e. The van der Waals surface area contributed by atoms with E-state index in [2.05, 4.69) is 4.99 Å². The molecule has 44 valence electrons. The molecule has 0 fully saturated rings. The summed E-state index contributed by atoms with van der Waals surface area (Å²) in [7, 11) is 0. The van der Waals surface area contributed by atoms with E-state index in [0.29, 0.717) is 0 Å². The quantitative estimate of drug-likeness (QED) is 0.489. The Kier molecular flexibility index (Phi) is 1.33. The molecule has 2 heteroatoms. The molecule has 2 N–H and O–H groups in total. The van der Waals surface area contributed by atoms with Crippen molar-refractivity contribution in [3.05, 3.63) is 11.8 Å². The van der Waals surface area contributed by atoms with Gasteiger partial charge in [0.05, 0.1) is 0 Å². The molecular weight excluding hydrogens is 100 g/mol. The number of nitrogens with zero attached hydrogens (tertiary/aromatic N) is 1. The molecule has 0 saturated heterocycles. The van der Waals surface area contributed by atoms with Crippen LogP contribution in [0.4, 0.5) is 0 Å². The highest BCUT2D eigenvalue weighted by Gasteiger charge is 1.96. The Morgan fingerprint density at radius 2 is 2.50 bits per heavy atom. The van der Waals surface area contributed by atoms with E-state index >= 15 is 0 Å². The Morgan fingerprint density at radius 3 is 2.88 bits per heavy atom. The molecule has 1 rings (SSSR count). The van der Waals surface area contributed by atoms with Crippen LogP contribution in [0.2, 0.25) is 0 Å². The molecule has 8 heavy (non-hydrogen) atoms. The summed E-state index contributed by atoms with van der Waals surface area (Å²) in [6.07, 6.45) is 2.85. The van der Waals surface area contributed by atoms with E-state index in [4.69, 9.17) is 5.73 Å². The molecule has 0 unspecified atom stereocenters. The lowest BCUT2D eigenvalue weighted by Gasteiger charge is -2.04. The summed E-state index contributed by atoms with van der Waals surface area (Å²) in [6.45, 7) is 2.83. The van der Waals surface area contributed by atoms with Crippen LogP contribution in [0.25, 0.3) is 0 Å². The number of aliphatic imine (C=N–C) groups is 1. The van der Waals surface area contributed by atoms with Crippen molar-refractivity contribution in [2.24, 2.45) is 10.7 Å². The van der Waals surface area contributed by atoms with E-state index in [1.165, 1.54) is 0 Å². The molecule has 0 aromatic rings. The van der Waals surface area contributed by atoms with E-state index < -0.39 is 0 Å².